The molecule has 0 bridgehead atoms. The van der Waals surface area contributed by atoms with E-state index in [-0.39, 0.29) is 24.8 Å². The van der Waals surface area contributed by atoms with E-state index in [4.69, 9.17) is 9.47 Å². The minimum atomic E-state index is -3.84. The third-order valence-corrected chi connectivity index (χ3v) is 6.48. The highest BCUT2D eigenvalue weighted by Crippen LogP contribution is 2.32. The number of benzene rings is 2. The Balaban J connectivity index is 1.44. The van der Waals surface area contributed by atoms with Gasteiger partial charge < -0.3 is 14.8 Å². The molecule has 9 heteroatoms. The van der Waals surface area contributed by atoms with E-state index in [0.29, 0.717) is 22.3 Å². The van der Waals surface area contributed by atoms with Crippen molar-refractivity contribution in [3.63, 3.8) is 0 Å². The maximum atomic E-state index is 13.0. The van der Waals surface area contributed by atoms with Crippen LogP contribution in [0.15, 0.2) is 59.8 Å². The number of rotatable bonds is 6. The van der Waals surface area contributed by atoms with Crippen LogP contribution < -0.4 is 14.8 Å². The summed E-state index contributed by atoms with van der Waals surface area (Å²) in [6, 6.07) is 12.0. The molecule has 0 unspecified atom stereocenters. The Kier molecular flexibility index (Phi) is 5.08. The van der Waals surface area contributed by atoms with Crippen molar-refractivity contribution in [3.8, 4) is 11.5 Å². The van der Waals surface area contributed by atoms with Gasteiger partial charge in [0.15, 0.2) is 11.5 Å². The van der Waals surface area contributed by atoms with Gasteiger partial charge in [-0.1, -0.05) is 18.2 Å². The third-order valence-electron chi connectivity index (χ3n) is 4.62. The van der Waals surface area contributed by atoms with E-state index < -0.39 is 15.9 Å². The molecular weight excluding hydrogens is 394 g/mol. The van der Waals surface area contributed by atoms with E-state index in [1.165, 1.54) is 13.1 Å². The lowest BCUT2D eigenvalue weighted by Gasteiger charge is -2.18. The number of hydrogen-bond acceptors (Lipinski definition) is 6. The number of carbonyl (C=O) groups is 1. The third kappa shape index (κ3) is 3.87. The fourth-order valence-corrected chi connectivity index (χ4v) is 4.42. The van der Waals surface area contributed by atoms with Crippen molar-refractivity contribution in [1.29, 1.82) is 0 Å². The Morgan fingerprint density at radius 2 is 2.00 bits per heavy atom. The number of ether oxygens (including phenoxy) is 2. The number of aromatic nitrogens is 1. The molecule has 8 nitrogen and oxygen atoms in total. The first kappa shape index (κ1) is 19.2. The number of nitrogens with zero attached hydrogens (tertiary/aromatic N) is 2. The van der Waals surface area contributed by atoms with Crippen LogP contribution in [0.1, 0.15) is 5.56 Å². The predicted octanol–water partition coefficient (Wildman–Crippen LogP) is 1.90. The molecule has 0 saturated heterocycles. The Hall–Kier alpha value is -3.17. The first-order valence-electron chi connectivity index (χ1n) is 8.89. The molecule has 0 aliphatic carbocycles. The summed E-state index contributed by atoms with van der Waals surface area (Å²) in [6.45, 7) is 0.135. The second-order valence-electron chi connectivity index (χ2n) is 6.58. The van der Waals surface area contributed by atoms with E-state index in [0.717, 1.165) is 9.87 Å². The van der Waals surface area contributed by atoms with Gasteiger partial charge in [-0.2, -0.15) is 4.31 Å². The molecule has 29 heavy (non-hydrogen) atoms. The van der Waals surface area contributed by atoms with Crippen LogP contribution in [0.2, 0.25) is 0 Å². The molecule has 2 heterocycles. The first-order chi connectivity index (χ1) is 13.9. The quantitative estimate of drug-likeness (QED) is 0.663. The van der Waals surface area contributed by atoms with Gasteiger partial charge in [-0.15, -0.1) is 0 Å². The average Bonchev–Trinajstić information content (AvgIpc) is 3.19. The minimum absolute atomic E-state index is 0.142. The van der Waals surface area contributed by atoms with Gasteiger partial charge in [0, 0.05) is 36.8 Å². The largest absolute Gasteiger partial charge is 0.454 e. The number of fused-ring (bicyclic) bond motifs is 2. The highest BCUT2D eigenvalue weighted by molar-refractivity contribution is 7.89. The molecule has 1 aromatic heterocycles. The van der Waals surface area contributed by atoms with Crippen molar-refractivity contribution >= 4 is 26.7 Å². The van der Waals surface area contributed by atoms with Gasteiger partial charge in [0.25, 0.3) is 0 Å². The molecule has 1 aliphatic rings. The number of pyridine rings is 1. The van der Waals surface area contributed by atoms with Gasteiger partial charge in [0.1, 0.15) is 0 Å². The van der Waals surface area contributed by atoms with Crippen LogP contribution in [-0.2, 0) is 21.4 Å². The topological polar surface area (TPSA) is 97.8 Å². The van der Waals surface area contributed by atoms with Crippen molar-refractivity contribution in [2.75, 3.05) is 20.4 Å². The molecule has 1 N–H and O–H groups in total. The Bertz CT molecular complexity index is 1170. The van der Waals surface area contributed by atoms with E-state index in [1.807, 2.05) is 6.07 Å². The highest BCUT2D eigenvalue weighted by atomic mass is 32.2. The zero-order valence-corrected chi connectivity index (χ0v) is 16.5. The normalized spacial score (nSPS) is 13.0. The molecule has 0 fully saturated rings. The maximum Gasteiger partial charge on any atom is 0.243 e. The first-order valence-corrected chi connectivity index (χ1v) is 10.3. The van der Waals surface area contributed by atoms with Crippen LogP contribution in [0.25, 0.3) is 10.8 Å². The number of likely N-dealkylation sites (N-methyl/N-ethyl adjacent to an activating group) is 1. The molecule has 3 aromatic rings. The van der Waals surface area contributed by atoms with Gasteiger partial charge in [0.2, 0.25) is 22.7 Å². The maximum absolute atomic E-state index is 13.0. The summed E-state index contributed by atoms with van der Waals surface area (Å²) in [5, 5.41) is 4.01. The lowest BCUT2D eigenvalue weighted by molar-refractivity contribution is -0.121. The fourth-order valence-electron chi connectivity index (χ4n) is 3.08. The molecule has 1 aliphatic heterocycles. The summed E-state index contributed by atoms with van der Waals surface area (Å²) in [7, 11) is -2.46. The fraction of sp³-hybridized carbons (Fsp3) is 0.200. The smallest absolute Gasteiger partial charge is 0.243 e. The standard InChI is InChI=1S/C20H19N3O5S/c1-23(29(25,26)19-4-2-3-15-11-21-8-7-16(15)19)12-20(24)22-10-14-5-6-17-18(9-14)28-13-27-17/h2-9,11H,10,12-13H2,1H3,(H,22,24). The molecule has 150 valence electrons. The van der Waals surface area contributed by atoms with Crippen LogP contribution in [0, 0.1) is 0 Å². The molecule has 0 saturated carbocycles. The van der Waals surface area contributed by atoms with Gasteiger partial charge in [0.05, 0.1) is 11.4 Å². The van der Waals surface area contributed by atoms with Crippen molar-refractivity contribution in [2.45, 2.75) is 11.4 Å². The Labute approximate surface area is 168 Å². The molecule has 1 amide bonds. The van der Waals surface area contributed by atoms with Gasteiger partial charge in [-0.05, 0) is 29.8 Å². The van der Waals surface area contributed by atoms with Crippen LogP contribution in [0.3, 0.4) is 0 Å². The van der Waals surface area contributed by atoms with Crippen LogP contribution in [0.4, 0.5) is 0 Å². The highest BCUT2D eigenvalue weighted by Gasteiger charge is 2.25. The van der Waals surface area contributed by atoms with Crippen LogP contribution >= 0.6 is 0 Å². The molecule has 0 spiro atoms. The van der Waals surface area contributed by atoms with Crippen molar-refractivity contribution < 1.29 is 22.7 Å². The summed E-state index contributed by atoms with van der Waals surface area (Å²) in [5.41, 5.74) is 0.828. The van der Waals surface area contributed by atoms with Crippen molar-refractivity contribution in [3.05, 3.63) is 60.4 Å². The minimum Gasteiger partial charge on any atom is -0.454 e. The number of carbonyl (C=O) groups excluding carboxylic acids is 1. The molecular formula is C20H19N3O5S. The van der Waals surface area contributed by atoms with E-state index in [9.17, 15) is 13.2 Å². The zero-order chi connectivity index (χ0) is 20.4. The summed E-state index contributed by atoms with van der Waals surface area (Å²) < 4.78 is 37.6. The van der Waals surface area contributed by atoms with Gasteiger partial charge in [-0.25, -0.2) is 8.42 Å². The number of sulfonamides is 1. The summed E-state index contributed by atoms with van der Waals surface area (Å²) in [4.78, 5) is 16.5. The van der Waals surface area contributed by atoms with E-state index in [2.05, 4.69) is 10.3 Å². The van der Waals surface area contributed by atoms with E-state index >= 15 is 0 Å². The predicted molar refractivity (Wildman–Crippen MR) is 106 cm³/mol. The zero-order valence-electron chi connectivity index (χ0n) is 15.7. The van der Waals surface area contributed by atoms with Crippen molar-refractivity contribution in [1.82, 2.24) is 14.6 Å². The SMILES string of the molecule is CN(CC(=O)NCc1ccc2c(c1)OCO2)S(=O)(=O)c1cccc2cnccc12. The van der Waals surface area contributed by atoms with E-state index in [1.54, 1.807) is 42.7 Å². The molecule has 2 aromatic carbocycles. The van der Waals surface area contributed by atoms with Gasteiger partial charge in [-0.3, -0.25) is 9.78 Å². The molecule has 0 atom stereocenters. The Morgan fingerprint density at radius 3 is 2.86 bits per heavy atom. The van der Waals surface area contributed by atoms with Crippen molar-refractivity contribution in [2.24, 2.45) is 0 Å². The second kappa shape index (κ2) is 7.69. The summed E-state index contributed by atoms with van der Waals surface area (Å²) >= 11 is 0. The molecule has 4 rings (SSSR count). The average molecular weight is 413 g/mol. The second-order valence-corrected chi connectivity index (χ2v) is 8.59. The van der Waals surface area contributed by atoms with Gasteiger partial charge >= 0.3 is 0 Å². The lowest BCUT2D eigenvalue weighted by atomic mass is 10.2. The lowest BCUT2D eigenvalue weighted by Crippen LogP contribution is -2.38. The van der Waals surface area contributed by atoms with Crippen LogP contribution in [-0.4, -0.2) is 44.0 Å². The number of nitrogens with one attached hydrogen (secondary N) is 1. The summed E-state index contributed by atoms with van der Waals surface area (Å²) in [6.07, 6.45) is 3.14. The Morgan fingerprint density at radius 1 is 1.17 bits per heavy atom. The number of amides is 1. The van der Waals surface area contributed by atoms with Crippen LogP contribution in [0.5, 0.6) is 11.5 Å². The monoisotopic (exact) mass is 413 g/mol. The number of hydrogen-bond donors (Lipinski definition) is 1. The molecule has 0 radical (unpaired) electrons. The summed E-state index contributed by atoms with van der Waals surface area (Å²) in [5.74, 6) is 0.883.